The van der Waals surface area contributed by atoms with Crippen LogP contribution in [-0.2, 0) is 11.2 Å². The van der Waals surface area contributed by atoms with Crippen LogP contribution in [0.2, 0.25) is 0 Å². The monoisotopic (exact) mass is 350 g/mol. The van der Waals surface area contributed by atoms with Gasteiger partial charge in [0.05, 0.1) is 14.2 Å². The normalized spacial score (nSPS) is 15.0. The molecule has 1 heterocycles. The second-order valence-corrected chi connectivity index (χ2v) is 6.18. The van der Waals surface area contributed by atoms with Crippen molar-refractivity contribution in [3.8, 4) is 11.5 Å². The highest BCUT2D eigenvalue weighted by atomic mass is 16.5. The van der Waals surface area contributed by atoms with Crippen molar-refractivity contribution in [3.63, 3.8) is 0 Å². The predicted octanol–water partition coefficient (Wildman–Crippen LogP) is 3.51. The molecule has 26 heavy (non-hydrogen) atoms. The molecule has 3 rings (SSSR count). The summed E-state index contributed by atoms with van der Waals surface area (Å²) in [6.45, 7) is 2.07. The lowest BCUT2D eigenvalue weighted by Crippen LogP contribution is -2.24. The van der Waals surface area contributed by atoms with Crippen LogP contribution in [0.5, 0.6) is 11.5 Å². The van der Waals surface area contributed by atoms with Crippen LogP contribution >= 0.6 is 0 Å². The predicted molar refractivity (Wildman–Crippen MR) is 103 cm³/mol. The number of amides is 1. The second-order valence-electron chi connectivity index (χ2n) is 6.18. The van der Waals surface area contributed by atoms with Crippen molar-refractivity contribution in [1.82, 2.24) is 5.32 Å². The van der Waals surface area contributed by atoms with E-state index in [4.69, 9.17) is 9.47 Å². The van der Waals surface area contributed by atoms with Crippen LogP contribution in [0.1, 0.15) is 23.1 Å². The standard InChI is InChI=1S/C21H22N2O3/c1-14-5-4-6-15(9-14)7-8-20-22-19(21(24)23-20)12-16-10-17(25-2)13-18(11-16)26-3/h4-6,9-13H,7-8H2,1-3H3,(H,22,23,24)/b19-12+. The molecule has 0 saturated heterocycles. The first kappa shape index (κ1) is 17.7. The molecule has 1 N–H and O–H groups in total. The van der Waals surface area contributed by atoms with Gasteiger partial charge in [-0.25, -0.2) is 4.99 Å². The fourth-order valence-electron chi connectivity index (χ4n) is 2.84. The van der Waals surface area contributed by atoms with E-state index in [1.165, 1.54) is 11.1 Å². The minimum Gasteiger partial charge on any atom is -0.497 e. The third-order valence-electron chi connectivity index (χ3n) is 4.16. The Morgan fingerprint density at radius 3 is 2.42 bits per heavy atom. The number of hydrogen-bond donors (Lipinski definition) is 1. The van der Waals surface area contributed by atoms with Crippen molar-refractivity contribution in [2.45, 2.75) is 19.8 Å². The van der Waals surface area contributed by atoms with Crippen molar-refractivity contribution in [2.75, 3.05) is 14.2 Å². The van der Waals surface area contributed by atoms with Gasteiger partial charge in [-0.1, -0.05) is 29.8 Å². The molecule has 1 aliphatic heterocycles. The van der Waals surface area contributed by atoms with Gasteiger partial charge < -0.3 is 14.8 Å². The number of nitrogens with zero attached hydrogens (tertiary/aromatic N) is 1. The van der Waals surface area contributed by atoms with E-state index in [9.17, 15) is 4.79 Å². The molecule has 1 aliphatic rings. The zero-order valence-corrected chi connectivity index (χ0v) is 15.2. The van der Waals surface area contributed by atoms with Crippen LogP contribution < -0.4 is 14.8 Å². The number of carbonyl (C=O) groups excluding carboxylic acids is 1. The number of benzene rings is 2. The van der Waals surface area contributed by atoms with Crippen molar-refractivity contribution < 1.29 is 14.3 Å². The number of rotatable bonds is 6. The molecule has 2 aromatic carbocycles. The van der Waals surface area contributed by atoms with E-state index >= 15 is 0 Å². The van der Waals surface area contributed by atoms with Gasteiger partial charge in [0, 0.05) is 12.5 Å². The van der Waals surface area contributed by atoms with Crippen LogP contribution in [0.25, 0.3) is 6.08 Å². The average Bonchev–Trinajstić information content (AvgIpc) is 2.99. The minimum absolute atomic E-state index is 0.189. The molecule has 0 unspecified atom stereocenters. The third-order valence-corrected chi connectivity index (χ3v) is 4.16. The zero-order chi connectivity index (χ0) is 18.5. The van der Waals surface area contributed by atoms with Crippen LogP contribution in [0, 0.1) is 6.92 Å². The molecular formula is C21H22N2O3. The lowest BCUT2D eigenvalue weighted by Gasteiger charge is -2.05. The molecule has 5 nitrogen and oxygen atoms in total. The summed E-state index contributed by atoms with van der Waals surface area (Å²) >= 11 is 0. The van der Waals surface area contributed by atoms with E-state index < -0.39 is 0 Å². The SMILES string of the molecule is COc1cc(/C=C2/N=C(CCc3cccc(C)c3)NC2=O)cc(OC)c1. The van der Waals surface area contributed by atoms with Crippen LogP contribution in [0.15, 0.2) is 53.2 Å². The van der Waals surface area contributed by atoms with E-state index in [-0.39, 0.29) is 5.91 Å². The maximum Gasteiger partial charge on any atom is 0.275 e. The van der Waals surface area contributed by atoms with Crippen LogP contribution in [0.3, 0.4) is 0 Å². The van der Waals surface area contributed by atoms with Gasteiger partial charge in [0.15, 0.2) is 0 Å². The van der Waals surface area contributed by atoms with Gasteiger partial charge in [-0.3, -0.25) is 4.79 Å². The minimum atomic E-state index is -0.189. The number of hydrogen-bond acceptors (Lipinski definition) is 4. The highest BCUT2D eigenvalue weighted by Crippen LogP contribution is 2.25. The van der Waals surface area contributed by atoms with Gasteiger partial charge in [0.2, 0.25) is 0 Å². The van der Waals surface area contributed by atoms with Crippen LogP contribution in [-0.4, -0.2) is 26.0 Å². The quantitative estimate of drug-likeness (QED) is 0.811. The summed E-state index contributed by atoms with van der Waals surface area (Å²) in [7, 11) is 3.19. The Morgan fingerprint density at radius 2 is 1.77 bits per heavy atom. The highest BCUT2D eigenvalue weighted by molar-refractivity contribution is 6.14. The van der Waals surface area contributed by atoms with Gasteiger partial charge in [0.1, 0.15) is 23.0 Å². The summed E-state index contributed by atoms with van der Waals surface area (Å²) in [4.78, 5) is 16.7. The molecule has 0 spiro atoms. The Morgan fingerprint density at radius 1 is 1.04 bits per heavy atom. The first-order valence-corrected chi connectivity index (χ1v) is 8.46. The lowest BCUT2D eigenvalue weighted by atomic mass is 10.1. The largest absolute Gasteiger partial charge is 0.497 e. The Balaban J connectivity index is 1.76. The Labute approximate surface area is 153 Å². The van der Waals surface area contributed by atoms with Gasteiger partial charge >= 0.3 is 0 Å². The number of ether oxygens (including phenoxy) is 2. The topological polar surface area (TPSA) is 59.9 Å². The van der Waals surface area contributed by atoms with Crippen molar-refractivity contribution in [2.24, 2.45) is 4.99 Å². The molecule has 1 amide bonds. The fraction of sp³-hybridized carbons (Fsp3) is 0.238. The number of carbonyl (C=O) groups is 1. The number of aliphatic imine (C=N–C) groups is 1. The van der Waals surface area contributed by atoms with Gasteiger partial charge in [-0.15, -0.1) is 0 Å². The van der Waals surface area contributed by atoms with Gasteiger partial charge in [0.25, 0.3) is 5.91 Å². The molecule has 0 aliphatic carbocycles. The molecule has 0 atom stereocenters. The molecule has 2 aromatic rings. The molecule has 134 valence electrons. The van der Waals surface area contributed by atoms with Crippen LogP contribution in [0.4, 0.5) is 0 Å². The van der Waals surface area contributed by atoms with E-state index in [1.54, 1.807) is 26.4 Å². The fourth-order valence-corrected chi connectivity index (χ4v) is 2.84. The molecule has 5 heteroatoms. The van der Waals surface area contributed by atoms with E-state index in [0.717, 1.165) is 12.0 Å². The first-order valence-electron chi connectivity index (χ1n) is 8.46. The molecule has 0 bridgehead atoms. The molecular weight excluding hydrogens is 328 g/mol. The summed E-state index contributed by atoms with van der Waals surface area (Å²) in [5, 5.41) is 2.85. The average molecular weight is 350 g/mol. The Bertz CT molecular complexity index is 862. The number of methoxy groups -OCH3 is 2. The molecule has 0 radical (unpaired) electrons. The highest BCUT2D eigenvalue weighted by Gasteiger charge is 2.19. The van der Waals surface area contributed by atoms with Crippen molar-refractivity contribution in [3.05, 3.63) is 64.9 Å². The summed E-state index contributed by atoms with van der Waals surface area (Å²) in [5.74, 6) is 1.83. The smallest absolute Gasteiger partial charge is 0.275 e. The summed E-state index contributed by atoms with van der Waals surface area (Å²) in [6.07, 6.45) is 3.26. The molecule has 0 fully saturated rings. The Kier molecular flexibility index (Phi) is 5.37. The summed E-state index contributed by atoms with van der Waals surface area (Å²) in [6, 6.07) is 13.8. The van der Waals surface area contributed by atoms with E-state index in [0.29, 0.717) is 29.5 Å². The summed E-state index contributed by atoms with van der Waals surface area (Å²) in [5.41, 5.74) is 3.65. The maximum absolute atomic E-state index is 12.2. The first-order chi connectivity index (χ1) is 12.6. The van der Waals surface area contributed by atoms with E-state index in [2.05, 4.69) is 35.4 Å². The Hall–Kier alpha value is -3.08. The van der Waals surface area contributed by atoms with Gasteiger partial charge in [-0.2, -0.15) is 0 Å². The summed E-state index contributed by atoms with van der Waals surface area (Å²) < 4.78 is 10.5. The van der Waals surface area contributed by atoms with E-state index in [1.807, 2.05) is 18.2 Å². The second kappa shape index (κ2) is 7.87. The number of aryl methyl sites for hydroxylation is 2. The third kappa shape index (κ3) is 4.30. The maximum atomic E-state index is 12.2. The molecule has 0 saturated carbocycles. The van der Waals surface area contributed by atoms with Crippen molar-refractivity contribution in [1.29, 1.82) is 0 Å². The lowest BCUT2D eigenvalue weighted by molar-refractivity contribution is -0.115. The van der Waals surface area contributed by atoms with Gasteiger partial charge in [-0.05, 0) is 42.7 Å². The number of amidine groups is 1. The van der Waals surface area contributed by atoms with Crippen molar-refractivity contribution >= 4 is 17.8 Å². The molecule has 0 aromatic heterocycles. The number of nitrogens with one attached hydrogen (secondary N) is 1. The zero-order valence-electron chi connectivity index (χ0n) is 15.2.